The van der Waals surface area contributed by atoms with Crippen molar-refractivity contribution < 1.29 is 23.8 Å². The highest BCUT2D eigenvalue weighted by molar-refractivity contribution is 6.34. The molecule has 0 atom stereocenters. The first-order chi connectivity index (χ1) is 15.1. The molecule has 0 saturated heterocycles. The predicted molar refractivity (Wildman–Crippen MR) is 118 cm³/mol. The number of anilines is 1. The van der Waals surface area contributed by atoms with Crippen LogP contribution in [0, 0.1) is 0 Å². The lowest BCUT2D eigenvalue weighted by Crippen LogP contribution is -2.03. The van der Waals surface area contributed by atoms with Crippen LogP contribution in [0.1, 0.15) is 27.0 Å². The summed E-state index contributed by atoms with van der Waals surface area (Å²) in [6, 6.07) is 20.1. The van der Waals surface area contributed by atoms with Gasteiger partial charge in [-0.1, -0.05) is 36.4 Å². The molecule has 0 spiro atoms. The maximum Gasteiger partial charge on any atom is 0.337 e. The number of benzene rings is 3. The van der Waals surface area contributed by atoms with Crippen molar-refractivity contribution in [2.75, 3.05) is 19.5 Å². The fourth-order valence-corrected chi connectivity index (χ4v) is 3.36. The van der Waals surface area contributed by atoms with E-state index in [2.05, 4.69) is 5.32 Å². The Morgan fingerprint density at radius 1 is 0.968 bits per heavy atom. The number of nitrogens with one attached hydrogen (secondary N) is 1. The van der Waals surface area contributed by atoms with Crippen LogP contribution < -0.4 is 14.8 Å². The first kappa shape index (κ1) is 20.2. The molecule has 31 heavy (non-hydrogen) atoms. The van der Waals surface area contributed by atoms with Crippen LogP contribution in [0.5, 0.6) is 11.5 Å². The van der Waals surface area contributed by atoms with Crippen molar-refractivity contribution in [3.8, 4) is 11.5 Å². The highest BCUT2D eigenvalue weighted by Crippen LogP contribution is 2.35. The largest absolute Gasteiger partial charge is 0.493 e. The second kappa shape index (κ2) is 8.75. The number of fused-ring (bicyclic) bond motifs is 1. The number of para-hydroxylation sites is 1. The molecule has 0 fully saturated rings. The Balaban J connectivity index is 1.51. The molecule has 1 aliphatic rings. The molecule has 0 saturated carbocycles. The second-order valence-electron chi connectivity index (χ2n) is 6.95. The zero-order valence-corrected chi connectivity index (χ0v) is 17.2. The van der Waals surface area contributed by atoms with Crippen molar-refractivity contribution in [3.05, 3.63) is 89.0 Å². The number of carbonyl (C=O) groups excluding carboxylic acids is 2. The normalized spacial score (nSPS) is 13.5. The maximum atomic E-state index is 12.3. The monoisotopic (exact) mass is 415 g/mol. The Morgan fingerprint density at radius 2 is 1.74 bits per heavy atom. The van der Waals surface area contributed by atoms with E-state index in [9.17, 15) is 9.59 Å². The molecule has 3 aromatic rings. The summed E-state index contributed by atoms with van der Waals surface area (Å²) in [5, 5.41) is 2.87. The lowest BCUT2D eigenvalue weighted by molar-refractivity contribution is -0.110. The van der Waals surface area contributed by atoms with Crippen LogP contribution >= 0.6 is 0 Å². The summed E-state index contributed by atoms with van der Waals surface area (Å²) in [5.41, 5.74) is 4.51. The van der Waals surface area contributed by atoms with E-state index < -0.39 is 0 Å². The van der Waals surface area contributed by atoms with Gasteiger partial charge in [0.2, 0.25) is 0 Å². The number of hydrogen-bond acceptors (Lipinski definition) is 5. The first-order valence-electron chi connectivity index (χ1n) is 9.69. The number of ether oxygens (including phenoxy) is 3. The highest BCUT2D eigenvalue weighted by atomic mass is 16.5. The molecule has 1 amide bonds. The van der Waals surface area contributed by atoms with Crippen molar-refractivity contribution in [2.24, 2.45) is 0 Å². The van der Waals surface area contributed by atoms with Crippen LogP contribution in [0.15, 0.2) is 66.7 Å². The molecular formula is C25H21NO5. The van der Waals surface area contributed by atoms with Gasteiger partial charge >= 0.3 is 5.97 Å². The van der Waals surface area contributed by atoms with Gasteiger partial charge in [0.05, 0.1) is 19.8 Å². The van der Waals surface area contributed by atoms with Gasteiger partial charge < -0.3 is 19.5 Å². The van der Waals surface area contributed by atoms with E-state index in [4.69, 9.17) is 14.2 Å². The van der Waals surface area contributed by atoms with Crippen LogP contribution in [0.4, 0.5) is 5.69 Å². The number of amides is 1. The molecule has 1 heterocycles. The van der Waals surface area contributed by atoms with Gasteiger partial charge in [-0.15, -0.1) is 0 Å². The van der Waals surface area contributed by atoms with Crippen LogP contribution in [-0.2, 0) is 16.1 Å². The number of hydrogen-bond donors (Lipinski definition) is 1. The number of esters is 1. The summed E-state index contributed by atoms with van der Waals surface area (Å²) in [4.78, 5) is 23.9. The first-order valence-corrected chi connectivity index (χ1v) is 9.69. The summed E-state index contributed by atoms with van der Waals surface area (Å²) in [5.74, 6) is 0.637. The Kier molecular flexibility index (Phi) is 5.71. The Bertz CT molecular complexity index is 1160. The van der Waals surface area contributed by atoms with Gasteiger partial charge in [-0.2, -0.15) is 0 Å². The molecule has 0 aliphatic carbocycles. The molecular weight excluding hydrogens is 394 g/mol. The Hall–Kier alpha value is -4.06. The summed E-state index contributed by atoms with van der Waals surface area (Å²) in [6.07, 6.45) is 1.83. The van der Waals surface area contributed by atoms with Crippen LogP contribution in [0.25, 0.3) is 11.6 Å². The molecule has 0 unspecified atom stereocenters. The van der Waals surface area contributed by atoms with E-state index >= 15 is 0 Å². The molecule has 1 aliphatic heterocycles. The average Bonchev–Trinajstić information content (AvgIpc) is 3.12. The maximum absolute atomic E-state index is 12.3. The molecule has 0 aromatic heterocycles. The molecule has 156 valence electrons. The molecule has 0 bridgehead atoms. The number of methoxy groups -OCH3 is 2. The predicted octanol–water partition coefficient (Wildman–Crippen LogP) is 4.55. The SMILES string of the molecule is COC(=O)c1ccc(COc2ccc(C=C3C(=O)Nc4ccccc43)cc2OC)cc1. The number of rotatable bonds is 6. The molecule has 3 aromatic carbocycles. The molecule has 1 N–H and O–H groups in total. The molecule has 0 radical (unpaired) electrons. The van der Waals surface area contributed by atoms with Gasteiger partial charge in [-0.25, -0.2) is 4.79 Å². The van der Waals surface area contributed by atoms with E-state index in [1.54, 1.807) is 19.2 Å². The lowest BCUT2D eigenvalue weighted by Gasteiger charge is -2.12. The van der Waals surface area contributed by atoms with Crippen molar-refractivity contribution in [2.45, 2.75) is 6.61 Å². The van der Waals surface area contributed by atoms with Crippen molar-refractivity contribution >= 4 is 29.2 Å². The van der Waals surface area contributed by atoms with Crippen LogP contribution in [0.3, 0.4) is 0 Å². The third kappa shape index (κ3) is 4.28. The van der Waals surface area contributed by atoms with Crippen molar-refractivity contribution in [3.63, 3.8) is 0 Å². The third-order valence-electron chi connectivity index (χ3n) is 4.98. The van der Waals surface area contributed by atoms with Crippen LogP contribution in [0.2, 0.25) is 0 Å². The standard InChI is InChI=1S/C25H21NO5/c1-29-23-14-17(13-20-19-5-3-4-6-21(19)26-24(20)27)9-12-22(23)31-15-16-7-10-18(11-8-16)25(28)30-2/h3-14H,15H2,1-2H3,(H,26,27). The van der Waals surface area contributed by atoms with Gasteiger partial charge in [0.25, 0.3) is 5.91 Å². The smallest absolute Gasteiger partial charge is 0.337 e. The third-order valence-corrected chi connectivity index (χ3v) is 4.98. The summed E-state index contributed by atoms with van der Waals surface area (Å²) >= 11 is 0. The second-order valence-corrected chi connectivity index (χ2v) is 6.95. The van der Waals surface area contributed by atoms with Gasteiger partial charge in [0.15, 0.2) is 11.5 Å². The topological polar surface area (TPSA) is 73.9 Å². The Labute approximate surface area is 180 Å². The number of carbonyl (C=O) groups is 2. The van der Waals surface area contributed by atoms with Gasteiger partial charge in [0.1, 0.15) is 6.61 Å². The highest BCUT2D eigenvalue weighted by Gasteiger charge is 2.23. The molecule has 6 nitrogen and oxygen atoms in total. The van der Waals surface area contributed by atoms with E-state index in [1.807, 2.05) is 60.7 Å². The minimum atomic E-state index is -0.377. The van der Waals surface area contributed by atoms with Gasteiger partial charge in [-0.05, 0) is 47.5 Å². The van der Waals surface area contributed by atoms with Crippen LogP contribution in [-0.4, -0.2) is 26.1 Å². The van der Waals surface area contributed by atoms with Crippen molar-refractivity contribution in [1.29, 1.82) is 0 Å². The van der Waals surface area contributed by atoms with E-state index in [0.717, 1.165) is 22.4 Å². The molecule has 6 heteroatoms. The summed E-state index contributed by atoms with van der Waals surface area (Å²) in [6.45, 7) is 0.314. The van der Waals surface area contributed by atoms with Gasteiger partial charge in [-0.3, -0.25) is 4.79 Å². The quantitative estimate of drug-likeness (QED) is 0.472. The fourth-order valence-electron chi connectivity index (χ4n) is 3.36. The zero-order chi connectivity index (χ0) is 21.8. The summed E-state index contributed by atoms with van der Waals surface area (Å²) in [7, 11) is 2.92. The Morgan fingerprint density at radius 3 is 2.48 bits per heavy atom. The zero-order valence-electron chi connectivity index (χ0n) is 17.2. The fraction of sp³-hybridized carbons (Fsp3) is 0.120. The molecule has 4 rings (SSSR count). The van der Waals surface area contributed by atoms with E-state index in [1.165, 1.54) is 7.11 Å². The van der Waals surface area contributed by atoms with E-state index in [0.29, 0.717) is 29.2 Å². The summed E-state index contributed by atoms with van der Waals surface area (Å²) < 4.78 is 16.1. The minimum Gasteiger partial charge on any atom is -0.493 e. The minimum absolute atomic E-state index is 0.129. The van der Waals surface area contributed by atoms with E-state index in [-0.39, 0.29) is 11.9 Å². The lowest BCUT2D eigenvalue weighted by atomic mass is 10.0. The average molecular weight is 415 g/mol. The van der Waals surface area contributed by atoms with Crippen molar-refractivity contribution in [1.82, 2.24) is 0 Å². The van der Waals surface area contributed by atoms with Gasteiger partial charge in [0, 0.05) is 16.8 Å².